The van der Waals surface area contributed by atoms with Gasteiger partial charge < -0.3 is 15.4 Å². The third-order valence-corrected chi connectivity index (χ3v) is 3.32. The molecule has 0 saturated heterocycles. The summed E-state index contributed by atoms with van der Waals surface area (Å²) in [5.41, 5.74) is 6.96. The van der Waals surface area contributed by atoms with Gasteiger partial charge in [0.2, 0.25) is 0 Å². The molecule has 0 aromatic carbocycles. The lowest BCUT2D eigenvalue weighted by molar-refractivity contribution is 0.204. The molecular weight excluding hydrogens is 228 g/mol. The first-order valence-corrected chi connectivity index (χ1v) is 6.56. The Bertz CT molecular complexity index is 418. The lowest BCUT2D eigenvalue weighted by Gasteiger charge is -2.25. The van der Waals surface area contributed by atoms with E-state index in [0.29, 0.717) is 18.5 Å². The highest BCUT2D eigenvalue weighted by molar-refractivity contribution is 5.57. The fraction of sp³-hybridized carbons (Fsp3) is 0.692. The predicted molar refractivity (Wildman–Crippen MR) is 72.8 cm³/mol. The van der Waals surface area contributed by atoms with Crippen LogP contribution < -0.4 is 10.6 Å². The van der Waals surface area contributed by atoms with Gasteiger partial charge in [-0.3, -0.25) is 0 Å². The summed E-state index contributed by atoms with van der Waals surface area (Å²) in [7, 11) is 1.73. The minimum atomic E-state index is 0.595. The highest BCUT2D eigenvalue weighted by atomic mass is 16.5. The number of hydrogen-bond donors (Lipinski definition) is 1. The Kier molecular flexibility index (Phi) is 4.01. The van der Waals surface area contributed by atoms with Gasteiger partial charge in [0, 0.05) is 31.7 Å². The summed E-state index contributed by atoms with van der Waals surface area (Å²) >= 11 is 0. The second kappa shape index (κ2) is 5.52. The Morgan fingerprint density at radius 1 is 1.39 bits per heavy atom. The average molecular weight is 250 g/mol. The molecular formula is C13H22N4O. The number of nitrogen functional groups attached to an aromatic ring is 1. The fourth-order valence-corrected chi connectivity index (χ4v) is 2.04. The Labute approximate surface area is 108 Å². The van der Waals surface area contributed by atoms with Crippen LogP contribution in [-0.2, 0) is 11.2 Å². The molecule has 100 valence electrons. The van der Waals surface area contributed by atoms with Gasteiger partial charge in [0.05, 0.1) is 6.61 Å². The van der Waals surface area contributed by atoms with E-state index in [1.54, 1.807) is 7.11 Å². The van der Waals surface area contributed by atoms with E-state index in [9.17, 15) is 0 Å². The zero-order valence-corrected chi connectivity index (χ0v) is 11.4. The molecule has 1 heterocycles. The SMILES string of the molecule is CCc1nc(N)c(C)c(N(CCOC)C2CC2)n1. The maximum Gasteiger partial charge on any atom is 0.137 e. The quantitative estimate of drug-likeness (QED) is 0.829. The first kappa shape index (κ1) is 13.1. The van der Waals surface area contributed by atoms with Gasteiger partial charge in [0.1, 0.15) is 17.5 Å². The van der Waals surface area contributed by atoms with Crippen molar-refractivity contribution >= 4 is 11.6 Å². The molecule has 0 aliphatic heterocycles. The third-order valence-electron chi connectivity index (χ3n) is 3.32. The molecule has 2 N–H and O–H groups in total. The molecule has 18 heavy (non-hydrogen) atoms. The van der Waals surface area contributed by atoms with Crippen LogP contribution in [-0.4, -0.2) is 36.3 Å². The van der Waals surface area contributed by atoms with Crippen LogP contribution in [0.3, 0.4) is 0 Å². The molecule has 2 rings (SSSR count). The first-order chi connectivity index (χ1) is 8.67. The molecule has 0 unspecified atom stereocenters. The van der Waals surface area contributed by atoms with E-state index in [1.165, 1.54) is 12.8 Å². The molecule has 1 aliphatic rings. The second-order valence-corrected chi connectivity index (χ2v) is 4.74. The third kappa shape index (κ3) is 2.72. The van der Waals surface area contributed by atoms with Crippen molar-refractivity contribution in [2.45, 2.75) is 39.2 Å². The maximum atomic E-state index is 5.98. The number of aromatic nitrogens is 2. The molecule has 1 fully saturated rings. The number of aryl methyl sites for hydroxylation is 1. The highest BCUT2D eigenvalue weighted by Crippen LogP contribution is 2.33. The van der Waals surface area contributed by atoms with Crippen LogP contribution in [0.2, 0.25) is 0 Å². The van der Waals surface area contributed by atoms with E-state index in [4.69, 9.17) is 10.5 Å². The normalized spacial score (nSPS) is 14.8. The zero-order valence-electron chi connectivity index (χ0n) is 11.4. The van der Waals surface area contributed by atoms with E-state index in [0.717, 1.165) is 30.2 Å². The fourth-order valence-electron chi connectivity index (χ4n) is 2.04. The molecule has 1 aromatic rings. The van der Waals surface area contributed by atoms with Crippen molar-refractivity contribution in [1.82, 2.24) is 9.97 Å². The Morgan fingerprint density at radius 3 is 2.67 bits per heavy atom. The number of nitrogens with two attached hydrogens (primary N) is 1. The van der Waals surface area contributed by atoms with Gasteiger partial charge in [-0.15, -0.1) is 0 Å². The van der Waals surface area contributed by atoms with Gasteiger partial charge in [-0.25, -0.2) is 9.97 Å². The lowest BCUT2D eigenvalue weighted by atomic mass is 10.2. The lowest BCUT2D eigenvalue weighted by Crippen LogP contribution is -2.31. The highest BCUT2D eigenvalue weighted by Gasteiger charge is 2.31. The Morgan fingerprint density at radius 2 is 2.11 bits per heavy atom. The number of methoxy groups -OCH3 is 1. The van der Waals surface area contributed by atoms with E-state index in [2.05, 4.69) is 14.9 Å². The number of ether oxygens (including phenoxy) is 1. The first-order valence-electron chi connectivity index (χ1n) is 6.56. The van der Waals surface area contributed by atoms with Crippen LogP contribution in [0.5, 0.6) is 0 Å². The number of anilines is 2. The summed E-state index contributed by atoms with van der Waals surface area (Å²) in [5.74, 6) is 2.40. The van der Waals surface area contributed by atoms with Crippen LogP contribution in [0.25, 0.3) is 0 Å². The van der Waals surface area contributed by atoms with Crippen LogP contribution in [0.1, 0.15) is 31.2 Å². The summed E-state index contributed by atoms with van der Waals surface area (Å²) < 4.78 is 5.18. The summed E-state index contributed by atoms with van der Waals surface area (Å²) in [6.45, 7) is 5.61. The van der Waals surface area contributed by atoms with Crippen molar-refractivity contribution < 1.29 is 4.74 Å². The minimum absolute atomic E-state index is 0.595. The van der Waals surface area contributed by atoms with E-state index in [-0.39, 0.29) is 0 Å². The van der Waals surface area contributed by atoms with Gasteiger partial charge in [-0.1, -0.05) is 6.92 Å². The van der Waals surface area contributed by atoms with Gasteiger partial charge in [-0.05, 0) is 19.8 Å². The average Bonchev–Trinajstić information content (AvgIpc) is 3.18. The number of rotatable bonds is 6. The van der Waals surface area contributed by atoms with Crippen molar-refractivity contribution in [3.63, 3.8) is 0 Å². The molecule has 1 saturated carbocycles. The molecule has 0 radical (unpaired) electrons. The molecule has 0 amide bonds. The maximum absolute atomic E-state index is 5.98. The zero-order chi connectivity index (χ0) is 13.1. The second-order valence-electron chi connectivity index (χ2n) is 4.74. The van der Waals surface area contributed by atoms with Crippen LogP contribution >= 0.6 is 0 Å². The number of nitrogens with zero attached hydrogens (tertiary/aromatic N) is 3. The number of hydrogen-bond acceptors (Lipinski definition) is 5. The molecule has 1 aromatic heterocycles. The van der Waals surface area contributed by atoms with Crippen molar-refractivity contribution in [3.05, 3.63) is 11.4 Å². The molecule has 0 spiro atoms. The molecule has 0 atom stereocenters. The minimum Gasteiger partial charge on any atom is -0.383 e. The molecule has 5 heteroatoms. The van der Waals surface area contributed by atoms with E-state index < -0.39 is 0 Å². The summed E-state index contributed by atoms with van der Waals surface area (Å²) in [6.07, 6.45) is 3.27. The Balaban J connectivity index is 2.30. The van der Waals surface area contributed by atoms with Crippen LogP contribution in [0.4, 0.5) is 11.6 Å². The van der Waals surface area contributed by atoms with Crippen LogP contribution in [0.15, 0.2) is 0 Å². The Hall–Kier alpha value is -1.36. The van der Waals surface area contributed by atoms with Crippen molar-refractivity contribution in [2.24, 2.45) is 0 Å². The van der Waals surface area contributed by atoms with Gasteiger partial charge in [-0.2, -0.15) is 0 Å². The summed E-state index contributed by atoms with van der Waals surface area (Å²) in [5, 5.41) is 0. The van der Waals surface area contributed by atoms with Gasteiger partial charge in [0.25, 0.3) is 0 Å². The smallest absolute Gasteiger partial charge is 0.137 e. The summed E-state index contributed by atoms with van der Waals surface area (Å²) in [4.78, 5) is 11.3. The van der Waals surface area contributed by atoms with E-state index >= 15 is 0 Å². The van der Waals surface area contributed by atoms with Crippen molar-refractivity contribution in [1.29, 1.82) is 0 Å². The largest absolute Gasteiger partial charge is 0.383 e. The van der Waals surface area contributed by atoms with Gasteiger partial charge >= 0.3 is 0 Å². The van der Waals surface area contributed by atoms with Crippen molar-refractivity contribution in [3.8, 4) is 0 Å². The molecule has 0 bridgehead atoms. The van der Waals surface area contributed by atoms with Gasteiger partial charge in [0.15, 0.2) is 0 Å². The van der Waals surface area contributed by atoms with E-state index in [1.807, 2.05) is 13.8 Å². The predicted octanol–water partition coefficient (Wildman–Crippen LogP) is 1.54. The summed E-state index contributed by atoms with van der Waals surface area (Å²) in [6, 6.07) is 0.595. The topological polar surface area (TPSA) is 64.3 Å². The monoisotopic (exact) mass is 250 g/mol. The van der Waals surface area contributed by atoms with Crippen molar-refractivity contribution in [2.75, 3.05) is 30.9 Å². The molecule has 5 nitrogen and oxygen atoms in total. The molecule has 1 aliphatic carbocycles. The van der Waals surface area contributed by atoms with Crippen LogP contribution in [0, 0.1) is 6.92 Å². The standard InChI is InChI=1S/C13H22N4O/c1-4-11-15-12(14)9(2)13(16-11)17(7-8-18-3)10-5-6-10/h10H,4-8H2,1-3H3,(H2,14,15,16).